The lowest BCUT2D eigenvalue weighted by Crippen LogP contribution is -2.29. The van der Waals surface area contributed by atoms with E-state index in [-0.39, 0.29) is 12.5 Å². The smallest absolute Gasteiger partial charge is 0.119 e. The summed E-state index contributed by atoms with van der Waals surface area (Å²) in [6.07, 6.45) is 11.7. The third kappa shape index (κ3) is 2.92. The van der Waals surface area contributed by atoms with Crippen LogP contribution in [0.3, 0.4) is 0 Å². The topological polar surface area (TPSA) is 37.5 Å². The molecule has 2 saturated carbocycles. The summed E-state index contributed by atoms with van der Waals surface area (Å²) >= 11 is 1.90. The van der Waals surface area contributed by atoms with E-state index in [9.17, 15) is 5.11 Å². The van der Waals surface area contributed by atoms with Gasteiger partial charge in [0, 0.05) is 16.5 Å². The molecule has 1 atom stereocenters. The van der Waals surface area contributed by atoms with E-state index >= 15 is 0 Å². The van der Waals surface area contributed by atoms with Crippen LogP contribution in [0, 0.1) is 17.3 Å². The summed E-state index contributed by atoms with van der Waals surface area (Å²) in [5.74, 6) is 2.47. The highest BCUT2D eigenvalue weighted by Gasteiger charge is 2.38. The molecule has 0 aliphatic heterocycles. The average Bonchev–Trinajstić information content (AvgIpc) is 3.19. The lowest BCUT2D eigenvalue weighted by atomic mass is 9.67. The Morgan fingerprint density at radius 1 is 1.21 bits per heavy atom. The quantitative estimate of drug-likeness (QED) is 0.826. The molecule has 0 radical (unpaired) electrons. The first kappa shape index (κ1) is 16.6. The summed E-state index contributed by atoms with van der Waals surface area (Å²) in [5.41, 5.74) is 1.80. The molecular formula is C20H30N2OS. The molecule has 24 heavy (non-hydrogen) atoms. The minimum Gasteiger partial charge on any atom is -0.396 e. The van der Waals surface area contributed by atoms with Crippen LogP contribution >= 0.6 is 11.3 Å². The van der Waals surface area contributed by atoms with Gasteiger partial charge in [-0.15, -0.1) is 11.3 Å². The first-order valence-corrected chi connectivity index (χ1v) is 10.4. The summed E-state index contributed by atoms with van der Waals surface area (Å²) in [7, 11) is 0. The van der Waals surface area contributed by atoms with Crippen LogP contribution < -0.4 is 0 Å². The Balaban J connectivity index is 1.60. The summed E-state index contributed by atoms with van der Waals surface area (Å²) in [6.45, 7) is 7.40. The number of aliphatic hydroxyl groups is 1. The number of imidazole rings is 1. The Morgan fingerprint density at radius 2 is 1.92 bits per heavy atom. The predicted molar refractivity (Wildman–Crippen MR) is 99.8 cm³/mol. The molecule has 2 aromatic heterocycles. The number of fused-ring (bicyclic) bond motifs is 1. The van der Waals surface area contributed by atoms with Gasteiger partial charge in [0.25, 0.3) is 0 Å². The van der Waals surface area contributed by atoms with E-state index in [4.69, 9.17) is 0 Å². The number of aromatic nitrogens is 2. The number of nitrogens with zero attached hydrogens (tertiary/aromatic N) is 2. The molecule has 0 bridgehead atoms. The monoisotopic (exact) mass is 346 g/mol. The molecule has 3 nitrogen and oxygen atoms in total. The second kappa shape index (κ2) is 6.14. The molecule has 2 aliphatic carbocycles. The Labute approximate surface area is 149 Å². The Morgan fingerprint density at radius 3 is 2.50 bits per heavy atom. The van der Waals surface area contributed by atoms with Crippen LogP contribution in [0.4, 0.5) is 0 Å². The number of aliphatic hydroxyl groups excluding tert-OH is 1. The van der Waals surface area contributed by atoms with Crippen LogP contribution in [0.5, 0.6) is 0 Å². The van der Waals surface area contributed by atoms with E-state index in [1.807, 2.05) is 23.9 Å². The normalized spacial score (nSPS) is 26.8. The standard InChI is InChI=1S/C20H30N2OS/c1-20(2,3)15-8-6-13(7-9-15)16(11-23)18-19(14-4-5-14)24-17-10-21-12-22(17)18/h10,12-16,23H,4-9,11H2,1-3H3/t13?,15?,16-/m0/s1. The molecule has 2 aromatic rings. The first-order chi connectivity index (χ1) is 11.5. The van der Waals surface area contributed by atoms with Crippen molar-refractivity contribution in [2.75, 3.05) is 6.61 Å². The van der Waals surface area contributed by atoms with Gasteiger partial charge >= 0.3 is 0 Å². The van der Waals surface area contributed by atoms with E-state index in [1.165, 1.54) is 53.9 Å². The fraction of sp³-hybridized carbons (Fsp3) is 0.750. The molecule has 132 valence electrons. The highest BCUT2D eigenvalue weighted by atomic mass is 32.1. The Hall–Kier alpha value is -0.870. The van der Waals surface area contributed by atoms with Crippen molar-refractivity contribution in [1.29, 1.82) is 0 Å². The molecule has 2 heterocycles. The summed E-state index contributed by atoms with van der Waals surface area (Å²) < 4.78 is 2.27. The van der Waals surface area contributed by atoms with Crippen molar-refractivity contribution in [2.24, 2.45) is 17.3 Å². The number of rotatable bonds is 4. The molecule has 0 unspecified atom stereocenters. The van der Waals surface area contributed by atoms with Gasteiger partial charge in [0.15, 0.2) is 0 Å². The number of thiazole rings is 1. The maximum atomic E-state index is 10.3. The van der Waals surface area contributed by atoms with Gasteiger partial charge in [-0.25, -0.2) is 4.98 Å². The molecule has 4 heteroatoms. The van der Waals surface area contributed by atoms with E-state index in [0.717, 1.165) is 11.8 Å². The van der Waals surface area contributed by atoms with Gasteiger partial charge in [-0.1, -0.05) is 20.8 Å². The molecule has 4 rings (SSSR count). The van der Waals surface area contributed by atoms with Gasteiger partial charge in [0.2, 0.25) is 0 Å². The summed E-state index contributed by atoms with van der Waals surface area (Å²) in [5, 5.41) is 10.3. The third-order valence-electron chi connectivity index (χ3n) is 6.39. The maximum absolute atomic E-state index is 10.3. The van der Waals surface area contributed by atoms with Gasteiger partial charge in [0.05, 0.1) is 12.8 Å². The van der Waals surface area contributed by atoms with Gasteiger partial charge in [0.1, 0.15) is 11.2 Å². The van der Waals surface area contributed by atoms with Gasteiger partial charge in [-0.05, 0) is 61.7 Å². The SMILES string of the molecule is CC(C)(C)C1CCC([C@H](CO)c2c(C3CC3)sc3cncn23)CC1. The Bertz CT molecular complexity index is 699. The largest absolute Gasteiger partial charge is 0.396 e. The van der Waals surface area contributed by atoms with E-state index in [0.29, 0.717) is 11.3 Å². The van der Waals surface area contributed by atoms with Crippen LogP contribution in [0.2, 0.25) is 0 Å². The zero-order valence-corrected chi connectivity index (χ0v) is 16.0. The summed E-state index contributed by atoms with van der Waals surface area (Å²) in [6, 6.07) is 0. The summed E-state index contributed by atoms with van der Waals surface area (Å²) in [4.78, 5) is 7.12. The van der Waals surface area contributed by atoms with Crippen molar-refractivity contribution in [3.05, 3.63) is 23.1 Å². The fourth-order valence-corrected chi connectivity index (χ4v) is 6.01. The second-order valence-corrected chi connectivity index (χ2v) is 10.1. The van der Waals surface area contributed by atoms with E-state index in [2.05, 4.69) is 30.2 Å². The van der Waals surface area contributed by atoms with Crippen LogP contribution in [0.25, 0.3) is 4.83 Å². The van der Waals surface area contributed by atoms with Crippen LogP contribution in [-0.2, 0) is 0 Å². The molecule has 0 spiro atoms. The average molecular weight is 347 g/mol. The van der Waals surface area contributed by atoms with E-state index < -0.39 is 0 Å². The molecule has 0 amide bonds. The molecule has 0 aromatic carbocycles. The van der Waals surface area contributed by atoms with Crippen molar-refractivity contribution >= 4 is 16.2 Å². The molecule has 1 N–H and O–H groups in total. The highest BCUT2D eigenvalue weighted by molar-refractivity contribution is 7.17. The minimum absolute atomic E-state index is 0.272. The predicted octanol–water partition coefficient (Wildman–Crippen LogP) is 5.20. The lowest BCUT2D eigenvalue weighted by molar-refractivity contribution is 0.119. The Kier molecular flexibility index (Phi) is 4.24. The zero-order valence-electron chi connectivity index (χ0n) is 15.2. The minimum atomic E-state index is 0.272. The molecule has 0 saturated heterocycles. The van der Waals surface area contributed by atoms with E-state index in [1.54, 1.807) is 0 Å². The number of hydrogen-bond donors (Lipinski definition) is 1. The second-order valence-electron chi connectivity index (χ2n) is 8.99. The highest BCUT2D eigenvalue weighted by Crippen LogP contribution is 2.50. The van der Waals surface area contributed by atoms with Crippen molar-refractivity contribution in [2.45, 2.75) is 71.1 Å². The van der Waals surface area contributed by atoms with Crippen molar-refractivity contribution < 1.29 is 5.11 Å². The lowest BCUT2D eigenvalue weighted by Gasteiger charge is -2.39. The van der Waals surface area contributed by atoms with Crippen molar-refractivity contribution in [1.82, 2.24) is 9.38 Å². The molecular weight excluding hydrogens is 316 g/mol. The maximum Gasteiger partial charge on any atom is 0.119 e. The van der Waals surface area contributed by atoms with Crippen LogP contribution in [-0.4, -0.2) is 21.1 Å². The fourth-order valence-electron chi connectivity index (χ4n) is 4.67. The van der Waals surface area contributed by atoms with Crippen molar-refractivity contribution in [3.8, 4) is 0 Å². The van der Waals surface area contributed by atoms with Gasteiger partial charge < -0.3 is 5.11 Å². The first-order valence-electron chi connectivity index (χ1n) is 9.54. The van der Waals surface area contributed by atoms with Crippen LogP contribution in [0.1, 0.15) is 81.7 Å². The third-order valence-corrected chi connectivity index (χ3v) is 7.67. The molecule has 2 aliphatic rings. The number of hydrogen-bond acceptors (Lipinski definition) is 3. The van der Waals surface area contributed by atoms with Gasteiger partial charge in [-0.3, -0.25) is 4.40 Å². The zero-order chi connectivity index (χ0) is 16.9. The molecule has 2 fully saturated rings. The van der Waals surface area contributed by atoms with Gasteiger partial charge in [-0.2, -0.15) is 0 Å². The van der Waals surface area contributed by atoms with Crippen molar-refractivity contribution in [3.63, 3.8) is 0 Å². The van der Waals surface area contributed by atoms with Crippen LogP contribution in [0.15, 0.2) is 12.5 Å².